The number of aromatic nitrogens is 4. The van der Waals surface area contributed by atoms with Crippen LogP contribution in [0.25, 0.3) is 22.4 Å². The Morgan fingerprint density at radius 1 is 1.14 bits per heavy atom. The van der Waals surface area contributed by atoms with Crippen LogP contribution in [0, 0.1) is 0 Å². The quantitative estimate of drug-likeness (QED) is 0.489. The standard InChI is InChI=1S/C20H18N4O3S/c1-3-26-14-10-8-13(9-11-14)19-23-24-20(27-19)28-12(2)17-21-16-7-5-4-6-15(16)18(25)22-17/h4-12H,3H2,1-2H3,(H,21,22,25)/t12-/m0/s1. The van der Waals surface area contributed by atoms with Crippen LogP contribution < -0.4 is 10.3 Å². The Morgan fingerprint density at radius 2 is 1.93 bits per heavy atom. The summed E-state index contributed by atoms with van der Waals surface area (Å²) >= 11 is 1.34. The molecule has 28 heavy (non-hydrogen) atoms. The van der Waals surface area contributed by atoms with Gasteiger partial charge in [0.1, 0.15) is 11.6 Å². The van der Waals surface area contributed by atoms with E-state index in [1.54, 1.807) is 6.07 Å². The predicted octanol–water partition coefficient (Wildman–Crippen LogP) is 4.23. The Hall–Kier alpha value is -3.13. The summed E-state index contributed by atoms with van der Waals surface area (Å²) in [6, 6.07) is 14.7. The molecule has 4 rings (SSSR count). The van der Waals surface area contributed by atoms with E-state index < -0.39 is 0 Å². The molecule has 2 aromatic carbocycles. The van der Waals surface area contributed by atoms with Crippen molar-refractivity contribution in [3.63, 3.8) is 0 Å². The Balaban J connectivity index is 1.53. The predicted molar refractivity (Wildman–Crippen MR) is 108 cm³/mol. The van der Waals surface area contributed by atoms with Gasteiger partial charge in [0.15, 0.2) is 0 Å². The molecule has 0 radical (unpaired) electrons. The van der Waals surface area contributed by atoms with E-state index in [0.29, 0.717) is 34.4 Å². The van der Waals surface area contributed by atoms with E-state index in [0.717, 1.165) is 11.3 Å². The molecule has 1 N–H and O–H groups in total. The molecule has 0 aliphatic carbocycles. The number of para-hydroxylation sites is 1. The summed E-state index contributed by atoms with van der Waals surface area (Å²) in [5.41, 5.74) is 1.32. The van der Waals surface area contributed by atoms with Gasteiger partial charge >= 0.3 is 0 Å². The number of aromatic amines is 1. The van der Waals surface area contributed by atoms with Crippen LogP contribution in [0.3, 0.4) is 0 Å². The van der Waals surface area contributed by atoms with Gasteiger partial charge in [0.2, 0.25) is 5.89 Å². The molecule has 0 aliphatic heterocycles. The maximum absolute atomic E-state index is 12.3. The number of nitrogens with one attached hydrogen (secondary N) is 1. The molecular weight excluding hydrogens is 376 g/mol. The van der Waals surface area contributed by atoms with Gasteiger partial charge in [0.05, 0.1) is 22.8 Å². The third kappa shape index (κ3) is 3.77. The van der Waals surface area contributed by atoms with Gasteiger partial charge in [-0.15, -0.1) is 10.2 Å². The third-order valence-electron chi connectivity index (χ3n) is 4.11. The molecule has 0 spiro atoms. The summed E-state index contributed by atoms with van der Waals surface area (Å²) in [6.45, 7) is 4.48. The molecule has 2 heterocycles. The molecule has 0 saturated heterocycles. The average Bonchev–Trinajstić information content (AvgIpc) is 3.17. The SMILES string of the molecule is CCOc1ccc(-c2nnc(S[C@@H](C)c3nc4ccccc4c(=O)[nH]3)o2)cc1. The van der Waals surface area contributed by atoms with Crippen LogP contribution in [0.1, 0.15) is 24.9 Å². The lowest BCUT2D eigenvalue weighted by molar-refractivity contribution is 0.340. The number of H-pyrrole nitrogens is 1. The van der Waals surface area contributed by atoms with Crippen LogP contribution >= 0.6 is 11.8 Å². The van der Waals surface area contributed by atoms with E-state index >= 15 is 0 Å². The smallest absolute Gasteiger partial charge is 0.277 e. The van der Waals surface area contributed by atoms with Crippen molar-refractivity contribution in [1.82, 2.24) is 20.2 Å². The Kier molecular flexibility index (Phi) is 5.12. The summed E-state index contributed by atoms with van der Waals surface area (Å²) in [6.07, 6.45) is 0. The first-order valence-electron chi connectivity index (χ1n) is 8.86. The first-order valence-corrected chi connectivity index (χ1v) is 9.74. The molecule has 0 unspecified atom stereocenters. The molecule has 0 amide bonds. The third-order valence-corrected chi connectivity index (χ3v) is 5.06. The molecule has 2 aromatic heterocycles. The molecule has 142 valence electrons. The zero-order chi connectivity index (χ0) is 19.5. The molecule has 0 bridgehead atoms. The van der Waals surface area contributed by atoms with Crippen molar-refractivity contribution in [2.75, 3.05) is 6.61 Å². The van der Waals surface area contributed by atoms with Crippen molar-refractivity contribution in [2.24, 2.45) is 0 Å². The second-order valence-corrected chi connectivity index (χ2v) is 7.35. The van der Waals surface area contributed by atoms with Gasteiger partial charge in [0, 0.05) is 5.56 Å². The van der Waals surface area contributed by atoms with Crippen molar-refractivity contribution in [3.05, 3.63) is 64.7 Å². The van der Waals surface area contributed by atoms with E-state index in [4.69, 9.17) is 9.15 Å². The zero-order valence-electron chi connectivity index (χ0n) is 15.4. The average molecular weight is 394 g/mol. The van der Waals surface area contributed by atoms with Crippen LogP contribution in [-0.2, 0) is 0 Å². The monoisotopic (exact) mass is 394 g/mol. The highest BCUT2D eigenvalue weighted by molar-refractivity contribution is 7.99. The van der Waals surface area contributed by atoms with Crippen molar-refractivity contribution in [3.8, 4) is 17.2 Å². The summed E-state index contributed by atoms with van der Waals surface area (Å²) in [7, 11) is 0. The second kappa shape index (κ2) is 7.85. The lowest BCUT2D eigenvalue weighted by atomic mass is 10.2. The van der Waals surface area contributed by atoms with Crippen LogP contribution in [0.2, 0.25) is 0 Å². The van der Waals surface area contributed by atoms with Gasteiger partial charge in [-0.1, -0.05) is 23.9 Å². The first-order chi connectivity index (χ1) is 13.6. The van der Waals surface area contributed by atoms with E-state index in [-0.39, 0.29) is 10.8 Å². The number of thioether (sulfide) groups is 1. The number of ether oxygens (including phenoxy) is 1. The molecule has 0 aliphatic rings. The van der Waals surface area contributed by atoms with Gasteiger partial charge in [-0.3, -0.25) is 4.79 Å². The number of hydrogen-bond donors (Lipinski definition) is 1. The zero-order valence-corrected chi connectivity index (χ0v) is 16.2. The van der Waals surface area contributed by atoms with Crippen molar-refractivity contribution < 1.29 is 9.15 Å². The van der Waals surface area contributed by atoms with Gasteiger partial charge in [-0.25, -0.2) is 4.98 Å². The number of rotatable bonds is 6. The molecular formula is C20H18N4O3S. The maximum atomic E-state index is 12.3. The number of hydrogen-bond acceptors (Lipinski definition) is 7. The van der Waals surface area contributed by atoms with Gasteiger partial charge in [-0.2, -0.15) is 0 Å². The van der Waals surface area contributed by atoms with Crippen molar-refractivity contribution >= 4 is 22.7 Å². The molecule has 0 fully saturated rings. The number of fused-ring (bicyclic) bond motifs is 1. The van der Waals surface area contributed by atoms with E-state index in [2.05, 4.69) is 20.2 Å². The first kappa shape index (κ1) is 18.2. The molecule has 7 nitrogen and oxygen atoms in total. The van der Waals surface area contributed by atoms with Gasteiger partial charge in [-0.05, 0) is 50.2 Å². The van der Waals surface area contributed by atoms with Crippen LogP contribution in [0.4, 0.5) is 0 Å². The largest absolute Gasteiger partial charge is 0.494 e. The van der Waals surface area contributed by atoms with Crippen LogP contribution in [-0.4, -0.2) is 26.8 Å². The Bertz CT molecular complexity index is 1150. The van der Waals surface area contributed by atoms with Crippen LogP contribution in [0.15, 0.2) is 63.0 Å². The second-order valence-electron chi connectivity index (χ2n) is 6.06. The van der Waals surface area contributed by atoms with Gasteiger partial charge in [0.25, 0.3) is 10.8 Å². The lowest BCUT2D eigenvalue weighted by Gasteiger charge is -2.08. The minimum absolute atomic E-state index is 0.159. The fraction of sp³-hybridized carbons (Fsp3) is 0.200. The fourth-order valence-corrected chi connectivity index (χ4v) is 3.48. The highest BCUT2D eigenvalue weighted by Gasteiger charge is 2.17. The lowest BCUT2D eigenvalue weighted by Crippen LogP contribution is -2.12. The normalized spacial score (nSPS) is 12.2. The Labute approximate surface area is 165 Å². The number of nitrogens with zero attached hydrogens (tertiary/aromatic N) is 3. The van der Waals surface area contributed by atoms with Crippen molar-refractivity contribution in [2.45, 2.75) is 24.3 Å². The van der Waals surface area contributed by atoms with E-state index in [9.17, 15) is 4.79 Å². The van der Waals surface area contributed by atoms with E-state index in [1.807, 2.05) is 56.3 Å². The highest BCUT2D eigenvalue weighted by Crippen LogP contribution is 2.33. The maximum Gasteiger partial charge on any atom is 0.277 e. The summed E-state index contributed by atoms with van der Waals surface area (Å²) < 4.78 is 11.2. The summed E-state index contributed by atoms with van der Waals surface area (Å²) in [5, 5.41) is 9.02. The van der Waals surface area contributed by atoms with Gasteiger partial charge < -0.3 is 14.1 Å². The summed E-state index contributed by atoms with van der Waals surface area (Å²) in [4.78, 5) is 19.6. The molecule has 4 aromatic rings. The molecule has 1 atom stereocenters. The number of benzene rings is 2. The molecule has 0 saturated carbocycles. The topological polar surface area (TPSA) is 93.9 Å². The van der Waals surface area contributed by atoms with Crippen LogP contribution in [0.5, 0.6) is 5.75 Å². The fourth-order valence-electron chi connectivity index (χ4n) is 2.74. The highest BCUT2D eigenvalue weighted by atomic mass is 32.2. The summed E-state index contributed by atoms with van der Waals surface area (Å²) in [5.74, 6) is 1.78. The molecule has 8 heteroatoms. The minimum atomic E-state index is -0.161. The van der Waals surface area contributed by atoms with E-state index in [1.165, 1.54) is 11.8 Å². The Morgan fingerprint density at radius 3 is 2.71 bits per heavy atom. The minimum Gasteiger partial charge on any atom is -0.494 e. The van der Waals surface area contributed by atoms with Crippen molar-refractivity contribution in [1.29, 1.82) is 0 Å².